The minimum atomic E-state index is 0.0485. The number of benzene rings is 1. The van der Waals surface area contributed by atoms with Gasteiger partial charge in [0, 0.05) is 16.1 Å². The van der Waals surface area contributed by atoms with Crippen LogP contribution >= 0.6 is 23.2 Å². The number of hydrogen-bond donors (Lipinski definition) is 1. The fourth-order valence-corrected chi connectivity index (χ4v) is 2.84. The molecule has 1 aromatic rings. The molecule has 0 fully saturated rings. The molecule has 76 valence electrons. The van der Waals surface area contributed by atoms with Crippen molar-refractivity contribution in [3.63, 3.8) is 0 Å². The lowest BCUT2D eigenvalue weighted by molar-refractivity contribution is 0.514. The maximum absolute atomic E-state index is 6.16. The Morgan fingerprint density at radius 1 is 1.14 bits per heavy atom. The summed E-state index contributed by atoms with van der Waals surface area (Å²) in [5.74, 6) is 0.469. The van der Waals surface area contributed by atoms with Gasteiger partial charge in [-0.1, -0.05) is 30.1 Å². The van der Waals surface area contributed by atoms with E-state index in [1.54, 1.807) is 0 Å². The van der Waals surface area contributed by atoms with E-state index in [9.17, 15) is 0 Å². The van der Waals surface area contributed by atoms with E-state index < -0.39 is 0 Å². The van der Waals surface area contributed by atoms with Crippen molar-refractivity contribution in [2.75, 3.05) is 0 Å². The normalized spacial score (nSPS) is 26.0. The summed E-state index contributed by atoms with van der Waals surface area (Å²) in [5, 5.41) is 1.55. The topological polar surface area (TPSA) is 26.0 Å². The van der Waals surface area contributed by atoms with Crippen LogP contribution in [0.4, 0.5) is 0 Å². The van der Waals surface area contributed by atoms with Crippen molar-refractivity contribution in [3.05, 3.63) is 33.3 Å². The molecular weight excluding hydrogens is 217 g/mol. The van der Waals surface area contributed by atoms with Crippen LogP contribution in [0.15, 0.2) is 12.1 Å². The summed E-state index contributed by atoms with van der Waals surface area (Å²) in [7, 11) is 0. The maximum Gasteiger partial charge on any atom is 0.0457 e. The first-order chi connectivity index (χ1) is 6.61. The second-order valence-corrected chi connectivity index (χ2v) is 4.76. The van der Waals surface area contributed by atoms with Gasteiger partial charge in [-0.2, -0.15) is 0 Å². The standard InChI is InChI=1S/C11H13Cl2N/c1-6-2-5-9(14)11-8(13)4-3-7(12)10(6)11/h3-4,6,9H,2,5,14H2,1H3/t6?,9-/m0/s1. The maximum atomic E-state index is 6.16. The molecule has 1 unspecified atom stereocenters. The molecule has 2 atom stereocenters. The van der Waals surface area contributed by atoms with Crippen molar-refractivity contribution >= 4 is 23.2 Å². The van der Waals surface area contributed by atoms with E-state index in [0.717, 1.165) is 34.0 Å². The van der Waals surface area contributed by atoms with Gasteiger partial charge in [0.05, 0.1) is 0 Å². The van der Waals surface area contributed by atoms with E-state index in [2.05, 4.69) is 6.92 Å². The van der Waals surface area contributed by atoms with E-state index in [1.165, 1.54) is 0 Å². The zero-order valence-corrected chi connectivity index (χ0v) is 9.57. The molecule has 1 aromatic carbocycles. The molecule has 0 saturated carbocycles. The smallest absolute Gasteiger partial charge is 0.0457 e. The highest BCUT2D eigenvalue weighted by molar-refractivity contribution is 6.34. The summed E-state index contributed by atoms with van der Waals surface area (Å²) >= 11 is 12.3. The Morgan fingerprint density at radius 2 is 1.71 bits per heavy atom. The van der Waals surface area contributed by atoms with Gasteiger partial charge < -0.3 is 5.73 Å². The van der Waals surface area contributed by atoms with Gasteiger partial charge in [0.25, 0.3) is 0 Å². The zero-order valence-electron chi connectivity index (χ0n) is 8.06. The molecule has 0 heterocycles. The first-order valence-corrected chi connectivity index (χ1v) is 5.60. The Kier molecular flexibility index (Phi) is 2.74. The average molecular weight is 230 g/mol. The quantitative estimate of drug-likeness (QED) is 0.718. The molecule has 14 heavy (non-hydrogen) atoms. The lowest BCUT2D eigenvalue weighted by Crippen LogP contribution is -2.20. The van der Waals surface area contributed by atoms with Crippen LogP contribution in [0, 0.1) is 0 Å². The van der Waals surface area contributed by atoms with Crippen molar-refractivity contribution in [1.29, 1.82) is 0 Å². The summed E-state index contributed by atoms with van der Waals surface area (Å²) in [4.78, 5) is 0. The molecule has 0 spiro atoms. The number of hydrogen-bond acceptors (Lipinski definition) is 1. The predicted molar refractivity (Wildman–Crippen MR) is 61.0 cm³/mol. The van der Waals surface area contributed by atoms with Crippen LogP contribution in [-0.4, -0.2) is 0 Å². The first-order valence-electron chi connectivity index (χ1n) is 4.84. The van der Waals surface area contributed by atoms with Crippen molar-refractivity contribution < 1.29 is 0 Å². The van der Waals surface area contributed by atoms with Gasteiger partial charge in [-0.25, -0.2) is 0 Å². The largest absolute Gasteiger partial charge is 0.324 e. The van der Waals surface area contributed by atoms with Crippen molar-refractivity contribution in [2.45, 2.75) is 31.7 Å². The molecule has 1 aliphatic carbocycles. The second kappa shape index (κ2) is 3.73. The molecule has 3 heteroatoms. The summed E-state index contributed by atoms with van der Waals surface area (Å²) in [5.41, 5.74) is 8.24. The fraction of sp³-hybridized carbons (Fsp3) is 0.455. The monoisotopic (exact) mass is 229 g/mol. The summed E-state index contributed by atoms with van der Waals surface area (Å²) in [6, 6.07) is 3.74. The van der Waals surface area contributed by atoms with Gasteiger partial charge in [-0.15, -0.1) is 0 Å². The van der Waals surface area contributed by atoms with Crippen molar-refractivity contribution in [3.8, 4) is 0 Å². The molecule has 0 bridgehead atoms. The van der Waals surface area contributed by atoms with E-state index >= 15 is 0 Å². The Balaban J connectivity index is 2.65. The molecule has 2 N–H and O–H groups in total. The number of halogens is 2. The number of fused-ring (bicyclic) bond motifs is 1. The van der Waals surface area contributed by atoms with Crippen LogP contribution < -0.4 is 5.73 Å². The van der Waals surface area contributed by atoms with Crippen LogP contribution in [0.25, 0.3) is 0 Å². The Labute approximate surface area is 94.2 Å². The molecule has 1 nitrogen and oxygen atoms in total. The van der Waals surface area contributed by atoms with E-state index in [-0.39, 0.29) is 6.04 Å². The molecule has 0 aromatic heterocycles. The van der Waals surface area contributed by atoms with Crippen LogP contribution in [0.1, 0.15) is 42.9 Å². The van der Waals surface area contributed by atoms with Gasteiger partial charge in [0.15, 0.2) is 0 Å². The average Bonchev–Trinajstić information content (AvgIpc) is 2.16. The van der Waals surface area contributed by atoms with E-state index in [0.29, 0.717) is 5.92 Å². The van der Waals surface area contributed by atoms with Crippen LogP contribution in [0.3, 0.4) is 0 Å². The van der Waals surface area contributed by atoms with Gasteiger partial charge in [0.2, 0.25) is 0 Å². The predicted octanol–water partition coefficient (Wildman–Crippen LogP) is 3.89. The lowest BCUT2D eigenvalue weighted by Gasteiger charge is -2.29. The zero-order chi connectivity index (χ0) is 10.3. The van der Waals surface area contributed by atoms with Crippen LogP contribution in [-0.2, 0) is 0 Å². The summed E-state index contributed by atoms with van der Waals surface area (Å²) in [6.45, 7) is 2.17. The summed E-state index contributed by atoms with van der Waals surface area (Å²) < 4.78 is 0. The Morgan fingerprint density at radius 3 is 2.29 bits per heavy atom. The van der Waals surface area contributed by atoms with Crippen LogP contribution in [0.2, 0.25) is 10.0 Å². The first kappa shape index (κ1) is 10.3. The Hall–Kier alpha value is -0.240. The minimum Gasteiger partial charge on any atom is -0.324 e. The third kappa shape index (κ3) is 1.54. The van der Waals surface area contributed by atoms with E-state index in [4.69, 9.17) is 28.9 Å². The molecule has 1 aliphatic rings. The minimum absolute atomic E-state index is 0.0485. The van der Waals surface area contributed by atoms with Gasteiger partial charge in [0.1, 0.15) is 0 Å². The number of nitrogens with two attached hydrogens (primary N) is 1. The second-order valence-electron chi connectivity index (χ2n) is 3.94. The Bertz CT molecular complexity index is 328. The molecule has 2 rings (SSSR count). The SMILES string of the molecule is CC1CC[C@H](N)c2c(Cl)ccc(Cl)c21. The van der Waals surface area contributed by atoms with Crippen molar-refractivity contribution in [2.24, 2.45) is 5.73 Å². The molecule has 0 aliphatic heterocycles. The van der Waals surface area contributed by atoms with E-state index in [1.807, 2.05) is 12.1 Å². The molecule has 0 amide bonds. The molecular formula is C11H13Cl2N. The fourth-order valence-electron chi connectivity index (χ4n) is 2.18. The van der Waals surface area contributed by atoms with Crippen LogP contribution in [0.5, 0.6) is 0 Å². The highest BCUT2D eigenvalue weighted by Crippen LogP contribution is 2.43. The third-order valence-electron chi connectivity index (χ3n) is 2.96. The van der Waals surface area contributed by atoms with Gasteiger partial charge in [-0.05, 0) is 42.0 Å². The molecule has 0 saturated heterocycles. The number of rotatable bonds is 0. The molecule has 0 radical (unpaired) electrons. The lowest BCUT2D eigenvalue weighted by atomic mass is 9.81. The highest BCUT2D eigenvalue weighted by Gasteiger charge is 2.26. The third-order valence-corrected chi connectivity index (χ3v) is 3.61. The van der Waals surface area contributed by atoms with Gasteiger partial charge >= 0.3 is 0 Å². The highest BCUT2D eigenvalue weighted by atomic mass is 35.5. The van der Waals surface area contributed by atoms with Crippen molar-refractivity contribution in [1.82, 2.24) is 0 Å². The summed E-state index contributed by atoms with van der Waals surface area (Å²) in [6.07, 6.45) is 2.09. The van der Waals surface area contributed by atoms with Gasteiger partial charge in [-0.3, -0.25) is 0 Å².